The van der Waals surface area contributed by atoms with Crippen LogP contribution in [0.15, 0.2) is 12.1 Å². The maximum Gasteiger partial charge on any atom is 0.174 e. The number of phenols is 1. The molecule has 132 valence electrons. The number of Topliss-reactive ketones (excluding diaryl/α,β-unsaturated/α-hetero) is 1. The normalized spacial score (nSPS) is 43.6. The van der Waals surface area contributed by atoms with Crippen molar-refractivity contribution in [3.63, 3.8) is 0 Å². The van der Waals surface area contributed by atoms with Crippen molar-refractivity contribution in [2.24, 2.45) is 5.92 Å². The number of ketones is 1. The molecule has 1 spiro atoms. The van der Waals surface area contributed by atoms with Gasteiger partial charge in [-0.05, 0) is 30.9 Å². The van der Waals surface area contributed by atoms with E-state index in [4.69, 9.17) is 4.74 Å². The lowest BCUT2D eigenvalue weighted by atomic mass is 9.49. The average molecular weight is 342 g/mol. The van der Waals surface area contributed by atoms with Crippen molar-refractivity contribution in [3.8, 4) is 11.5 Å². The molecule has 2 bridgehead atoms. The molecule has 2 saturated carbocycles. The van der Waals surface area contributed by atoms with Crippen molar-refractivity contribution < 1.29 is 24.6 Å². The number of ether oxygens (including phenoxy) is 1. The largest absolute Gasteiger partial charge is 0.504 e. The Hall–Kier alpha value is -1.59. The first kappa shape index (κ1) is 14.6. The summed E-state index contributed by atoms with van der Waals surface area (Å²) in [5.74, 6) is 1.45. The first-order valence-electron chi connectivity index (χ1n) is 9.66. The van der Waals surface area contributed by atoms with Crippen LogP contribution in [0.3, 0.4) is 0 Å². The predicted molar refractivity (Wildman–Crippen MR) is 88.9 cm³/mol. The number of quaternary nitrogens is 1. The maximum absolute atomic E-state index is 12.7. The predicted octanol–water partition coefficient (Wildman–Crippen LogP) is 0.108. The highest BCUT2D eigenvalue weighted by atomic mass is 16.5. The molecule has 1 saturated heterocycles. The number of hydrogen-bond acceptors (Lipinski definition) is 4. The topological polar surface area (TPSA) is 71.2 Å². The van der Waals surface area contributed by atoms with Crippen molar-refractivity contribution in [2.45, 2.75) is 61.7 Å². The van der Waals surface area contributed by atoms with Crippen LogP contribution < -0.4 is 9.64 Å². The van der Waals surface area contributed by atoms with E-state index in [1.54, 1.807) is 6.07 Å². The summed E-state index contributed by atoms with van der Waals surface area (Å²) in [6, 6.07) is 3.80. The second kappa shape index (κ2) is 4.38. The van der Waals surface area contributed by atoms with Crippen LogP contribution in [-0.4, -0.2) is 46.8 Å². The molecule has 0 radical (unpaired) electrons. The van der Waals surface area contributed by atoms with Crippen LogP contribution in [0.5, 0.6) is 11.5 Å². The van der Waals surface area contributed by atoms with Crippen LogP contribution in [0.2, 0.25) is 0 Å². The van der Waals surface area contributed by atoms with Crippen molar-refractivity contribution in [1.82, 2.24) is 0 Å². The Bertz CT molecular complexity index is 803. The summed E-state index contributed by atoms with van der Waals surface area (Å²) in [6.07, 6.45) is 4.49. The van der Waals surface area contributed by atoms with Crippen molar-refractivity contribution in [3.05, 3.63) is 23.3 Å². The molecule has 25 heavy (non-hydrogen) atoms. The molecule has 3 N–H and O–H groups in total. The number of carbonyl (C=O) groups is 1. The first-order valence-corrected chi connectivity index (χ1v) is 9.66. The zero-order valence-electron chi connectivity index (χ0n) is 14.3. The molecule has 1 aromatic rings. The quantitative estimate of drug-likeness (QED) is 0.713. The lowest BCUT2D eigenvalue weighted by Gasteiger charge is -2.60. The van der Waals surface area contributed by atoms with Crippen LogP contribution >= 0.6 is 0 Å². The van der Waals surface area contributed by atoms with E-state index in [9.17, 15) is 15.0 Å². The minimum absolute atomic E-state index is 0.0810. The molecule has 3 aliphatic carbocycles. The van der Waals surface area contributed by atoms with Gasteiger partial charge in [-0.2, -0.15) is 0 Å². The number of piperidine rings is 1. The van der Waals surface area contributed by atoms with Crippen LogP contribution in [0.25, 0.3) is 0 Å². The standard InChI is InChI=1S/C20H23NO4/c22-13-4-3-12-9-15-20(24)6-5-14(23)18-19(20,16(12)17(13)25-18)7-8-21(15)10-11-1-2-11/h3-4,11,15,18,22,24H,1-2,5-10H2/p+1. The van der Waals surface area contributed by atoms with Crippen LogP contribution in [0.4, 0.5) is 0 Å². The second-order valence-electron chi connectivity index (χ2n) is 8.87. The van der Waals surface area contributed by atoms with Gasteiger partial charge in [-0.25, -0.2) is 0 Å². The highest BCUT2D eigenvalue weighted by Crippen LogP contribution is 2.62. The first-order chi connectivity index (χ1) is 12.0. The van der Waals surface area contributed by atoms with Gasteiger partial charge < -0.3 is 19.8 Å². The van der Waals surface area contributed by atoms with Crippen LogP contribution in [0, 0.1) is 5.92 Å². The zero-order chi connectivity index (χ0) is 17.0. The zero-order valence-corrected chi connectivity index (χ0v) is 14.3. The van der Waals surface area contributed by atoms with E-state index in [1.165, 1.54) is 17.7 Å². The Morgan fingerprint density at radius 3 is 2.92 bits per heavy atom. The molecule has 5 atom stereocenters. The molecular formula is C20H24NO4+. The van der Waals surface area contributed by atoms with Gasteiger partial charge in [-0.3, -0.25) is 4.79 Å². The number of nitrogens with one attached hydrogen (secondary N) is 1. The number of hydrogen-bond donors (Lipinski definition) is 3. The molecule has 0 aromatic heterocycles. The number of phenolic OH excluding ortho intramolecular Hbond substituents is 1. The molecule has 5 nitrogen and oxygen atoms in total. The number of likely N-dealkylation sites (tertiary alicyclic amines) is 1. The molecule has 1 aromatic carbocycles. The number of rotatable bonds is 2. The Morgan fingerprint density at radius 2 is 2.12 bits per heavy atom. The van der Waals surface area contributed by atoms with E-state index >= 15 is 0 Å². The summed E-state index contributed by atoms with van der Waals surface area (Å²) in [6.45, 7) is 2.12. The van der Waals surface area contributed by atoms with E-state index in [2.05, 4.69) is 0 Å². The molecule has 3 fully saturated rings. The third-order valence-electron chi connectivity index (χ3n) is 7.75. The van der Waals surface area contributed by atoms with Gasteiger partial charge >= 0.3 is 0 Å². The fourth-order valence-corrected chi connectivity index (χ4v) is 6.49. The summed E-state index contributed by atoms with van der Waals surface area (Å²) in [4.78, 5) is 14.2. The van der Waals surface area contributed by atoms with Crippen LogP contribution in [-0.2, 0) is 16.6 Å². The van der Waals surface area contributed by atoms with Crippen molar-refractivity contribution in [1.29, 1.82) is 0 Å². The van der Waals surface area contributed by atoms with Gasteiger partial charge in [0.1, 0.15) is 11.6 Å². The summed E-state index contributed by atoms with van der Waals surface area (Å²) in [5, 5.41) is 22.3. The Kier molecular flexibility index (Phi) is 2.55. The molecule has 5 aliphatic rings. The molecule has 5 unspecified atom stereocenters. The summed E-state index contributed by atoms with van der Waals surface area (Å²) in [5.41, 5.74) is 0.546. The van der Waals surface area contributed by atoms with Gasteiger partial charge in [0, 0.05) is 30.7 Å². The third-order valence-corrected chi connectivity index (χ3v) is 7.75. The Morgan fingerprint density at radius 1 is 1.28 bits per heavy atom. The highest BCUT2D eigenvalue weighted by molar-refractivity contribution is 5.89. The molecule has 0 amide bonds. The van der Waals surface area contributed by atoms with Gasteiger partial charge in [-0.15, -0.1) is 0 Å². The molecule has 6 rings (SSSR count). The highest BCUT2D eigenvalue weighted by Gasteiger charge is 2.75. The maximum atomic E-state index is 12.7. The molecule has 2 heterocycles. The van der Waals surface area contributed by atoms with Gasteiger partial charge in [-0.1, -0.05) is 6.07 Å². The van der Waals surface area contributed by atoms with Gasteiger partial charge in [0.2, 0.25) is 0 Å². The number of carbonyl (C=O) groups excluding carboxylic acids is 1. The van der Waals surface area contributed by atoms with Gasteiger partial charge in [0.25, 0.3) is 0 Å². The molecular weight excluding hydrogens is 318 g/mol. The van der Waals surface area contributed by atoms with E-state index in [0.29, 0.717) is 18.6 Å². The summed E-state index contributed by atoms with van der Waals surface area (Å²) in [7, 11) is 0. The molecule has 2 aliphatic heterocycles. The average Bonchev–Trinajstić information content (AvgIpc) is 3.32. The fourth-order valence-electron chi connectivity index (χ4n) is 6.49. The summed E-state index contributed by atoms with van der Waals surface area (Å²) >= 11 is 0. The number of aromatic hydroxyl groups is 1. The minimum Gasteiger partial charge on any atom is -0.504 e. The lowest BCUT2D eigenvalue weighted by Crippen LogP contribution is -3.21. The Labute approximate surface area is 146 Å². The van der Waals surface area contributed by atoms with Gasteiger partial charge in [0.05, 0.1) is 18.5 Å². The third kappa shape index (κ3) is 1.56. The monoisotopic (exact) mass is 342 g/mol. The van der Waals surface area contributed by atoms with E-state index < -0.39 is 17.1 Å². The van der Waals surface area contributed by atoms with Crippen molar-refractivity contribution in [2.75, 3.05) is 13.1 Å². The van der Waals surface area contributed by atoms with Crippen LogP contribution in [0.1, 0.15) is 43.2 Å². The van der Waals surface area contributed by atoms with Gasteiger partial charge in [0.15, 0.2) is 23.4 Å². The Balaban J connectivity index is 1.58. The SMILES string of the molecule is O=C1CCC2(O)C3Cc4ccc(O)c5c4C2(CC[NH+]3CC2CC2)C1O5. The minimum atomic E-state index is -0.903. The van der Waals surface area contributed by atoms with E-state index in [-0.39, 0.29) is 17.6 Å². The smallest absolute Gasteiger partial charge is 0.174 e. The number of benzene rings is 1. The second-order valence-corrected chi connectivity index (χ2v) is 8.87. The summed E-state index contributed by atoms with van der Waals surface area (Å²) < 4.78 is 6.05. The van der Waals surface area contributed by atoms with E-state index in [0.717, 1.165) is 43.0 Å². The number of aliphatic hydroxyl groups is 1. The fraction of sp³-hybridized carbons (Fsp3) is 0.650. The molecule has 5 heteroatoms. The lowest BCUT2D eigenvalue weighted by molar-refractivity contribution is -0.943. The van der Waals surface area contributed by atoms with E-state index in [1.807, 2.05) is 6.07 Å². The van der Waals surface area contributed by atoms with Crippen molar-refractivity contribution >= 4 is 5.78 Å².